The standard InChI is InChI=1S/C13H15NO6/c1-4-20-13(17)14-10-7-8(11(15)18-2)5-6-9(10)12(16)19-3/h5-7H,4H2,1-3H3,(H,14,17). The molecule has 0 unspecified atom stereocenters. The second-order valence-corrected chi connectivity index (χ2v) is 3.59. The van der Waals surface area contributed by atoms with Crippen LogP contribution in [0.15, 0.2) is 18.2 Å². The van der Waals surface area contributed by atoms with Crippen LogP contribution in [0.25, 0.3) is 0 Å². The molecule has 0 fully saturated rings. The molecule has 0 saturated carbocycles. The molecule has 0 bridgehead atoms. The highest BCUT2D eigenvalue weighted by Gasteiger charge is 2.17. The van der Waals surface area contributed by atoms with Crippen LogP contribution in [0.1, 0.15) is 27.6 Å². The minimum Gasteiger partial charge on any atom is -0.465 e. The van der Waals surface area contributed by atoms with Crippen molar-refractivity contribution in [2.45, 2.75) is 6.92 Å². The van der Waals surface area contributed by atoms with Crippen LogP contribution in [-0.4, -0.2) is 38.9 Å². The number of amides is 1. The number of methoxy groups -OCH3 is 2. The van der Waals surface area contributed by atoms with Crippen molar-refractivity contribution < 1.29 is 28.6 Å². The van der Waals surface area contributed by atoms with Gasteiger partial charge in [-0.1, -0.05) is 0 Å². The summed E-state index contributed by atoms with van der Waals surface area (Å²) in [6.07, 6.45) is -0.736. The van der Waals surface area contributed by atoms with Crippen LogP contribution in [0.5, 0.6) is 0 Å². The van der Waals surface area contributed by atoms with Gasteiger partial charge >= 0.3 is 18.0 Å². The number of carbonyl (C=O) groups is 3. The van der Waals surface area contributed by atoms with E-state index in [1.807, 2.05) is 0 Å². The highest BCUT2D eigenvalue weighted by atomic mass is 16.5. The fourth-order valence-corrected chi connectivity index (χ4v) is 1.46. The number of rotatable bonds is 4. The van der Waals surface area contributed by atoms with Gasteiger partial charge in [0, 0.05) is 0 Å². The van der Waals surface area contributed by atoms with Crippen molar-refractivity contribution in [1.29, 1.82) is 0 Å². The van der Waals surface area contributed by atoms with E-state index in [-0.39, 0.29) is 23.4 Å². The van der Waals surface area contributed by atoms with Crippen LogP contribution in [-0.2, 0) is 14.2 Å². The Kier molecular flexibility index (Phi) is 5.52. The van der Waals surface area contributed by atoms with Gasteiger partial charge in [-0.25, -0.2) is 14.4 Å². The van der Waals surface area contributed by atoms with Crippen LogP contribution in [0.2, 0.25) is 0 Å². The van der Waals surface area contributed by atoms with Crippen molar-refractivity contribution in [3.05, 3.63) is 29.3 Å². The van der Waals surface area contributed by atoms with Gasteiger partial charge in [0.1, 0.15) is 0 Å². The molecule has 0 atom stereocenters. The molecular formula is C13H15NO6. The SMILES string of the molecule is CCOC(=O)Nc1cc(C(=O)OC)ccc1C(=O)OC. The maximum absolute atomic E-state index is 11.6. The van der Waals surface area contributed by atoms with E-state index in [0.29, 0.717) is 0 Å². The zero-order valence-electron chi connectivity index (χ0n) is 11.4. The maximum Gasteiger partial charge on any atom is 0.411 e. The molecule has 20 heavy (non-hydrogen) atoms. The van der Waals surface area contributed by atoms with Crippen molar-refractivity contribution in [2.24, 2.45) is 0 Å². The van der Waals surface area contributed by atoms with Gasteiger partial charge in [0.15, 0.2) is 0 Å². The number of ether oxygens (including phenoxy) is 3. The van der Waals surface area contributed by atoms with Crippen LogP contribution < -0.4 is 5.32 Å². The van der Waals surface area contributed by atoms with Gasteiger partial charge in [0.2, 0.25) is 0 Å². The summed E-state index contributed by atoms with van der Waals surface area (Å²) >= 11 is 0. The van der Waals surface area contributed by atoms with E-state index in [9.17, 15) is 14.4 Å². The van der Waals surface area contributed by atoms with E-state index in [0.717, 1.165) is 0 Å². The first kappa shape index (κ1) is 15.5. The Labute approximate surface area is 115 Å². The number of anilines is 1. The number of esters is 2. The van der Waals surface area contributed by atoms with Crippen molar-refractivity contribution in [2.75, 3.05) is 26.1 Å². The smallest absolute Gasteiger partial charge is 0.411 e. The monoisotopic (exact) mass is 281 g/mol. The third-order valence-corrected chi connectivity index (χ3v) is 2.36. The summed E-state index contributed by atoms with van der Waals surface area (Å²) in [6, 6.07) is 4.07. The number of benzene rings is 1. The minimum atomic E-state index is -0.736. The summed E-state index contributed by atoms with van der Waals surface area (Å²) in [5, 5.41) is 2.38. The number of carbonyl (C=O) groups excluding carboxylic acids is 3. The molecule has 1 amide bonds. The molecule has 0 radical (unpaired) electrons. The van der Waals surface area contributed by atoms with E-state index >= 15 is 0 Å². The van der Waals surface area contributed by atoms with E-state index in [1.54, 1.807) is 6.92 Å². The first-order chi connectivity index (χ1) is 9.53. The third-order valence-electron chi connectivity index (χ3n) is 2.36. The predicted octanol–water partition coefficient (Wildman–Crippen LogP) is 1.83. The largest absolute Gasteiger partial charge is 0.465 e. The first-order valence-electron chi connectivity index (χ1n) is 5.78. The molecule has 0 aromatic heterocycles. The Morgan fingerprint density at radius 1 is 1.10 bits per heavy atom. The third kappa shape index (κ3) is 3.71. The van der Waals surface area contributed by atoms with Crippen molar-refractivity contribution in [3.8, 4) is 0 Å². The Morgan fingerprint density at radius 2 is 1.75 bits per heavy atom. The van der Waals surface area contributed by atoms with Gasteiger partial charge in [-0.15, -0.1) is 0 Å². The van der Waals surface area contributed by atoms with Crippen molar-refractivity contribution in [1.82, 2.24) is 0 Å². The normalized spacial score (nSPS) is 9.55. The maximum atomic E-state index is 11.6. The lowest BCUT2D eigenvalue weighted by atomic mass is 10.1. The van der Waals surface area contributed by atoms with Gasteiger partial charge in [-0.05, 0) is 25.1 Å². The Hall–Kier alpha value is -2.57. The lowest BCUT2D eigenvalue weighted by Crippen LogP contribution is -2.17. The number of nitrogens with one attached hydrogen (secondary N) is 1. The lowest BCUT2D eigenvalue weighted by Gasteiger charge is -2.11. The molecule has 0 heterocycles. The summed E-state index contributed by atoms with van der Waals surface area (Å²) in [7, 11) is 2.44. The van der Waals surface area contributed by atoms with E-state index in [1.165, 1.54) is 32.4 Å². The Balaban J connectivity index is 3.15. The van der Waals surface area contributed by atoms with E-state index in [2.05, 4.69) is 14.8 Å². The summed E-state index contributed by atoms with van der Waals surface area (Å²) in [5.74, 6) is -1.23. The van der Waals surface area contributed by atoms with Crippen LogP contribution in [0.3, 0.4) is 0 Å². The molecule has 0 aliphatic carbocycles. The average Bonchev–Trinajstić information content (AvgIpc) is 2.45. The van der Waals surface area contributed by atoms with Crippen LogP contribution in [0.4, 0.5) is 10.5 Å². The summed E-state index contributed by atoms with van der Waals surface area (Å²) < 4.78 is 13.9. The molecule has 0 aliphatic heterocycles. The average molecular weight is 281 g/mol. The molecule has 1 aromatic carbocycles. The van der Waals surface area contributed by atoms with Gasteiger partial charge in [0.25, 0.3) is 0 Å². The zero-order chi connectivity index (χ0) is 15.1. The number of hydrogen-bond donors (Lipinski definition) is 1. The van der Waals surface area contributed by atoms with Gasteiger partial charge < -0.3 is 14.2 Å². The van der Waals surface area contributed by atoms with Crippen molar-refractivity contribution in [3.63, 3.8) is 0 Å². The Morgan fingerprint density at radius 3 is 2.30 bits per heavy atom. The zero-order valence-corrected chi connectivity index (χ0v) is 11.4. The summed E-state index contributed by atoms with van der Waals surface area (Å²) in [5.41, 5.74) is 0.401. The number of hydrogen-bond acceptors (Lipinski definition) is 6. The molecule has 7 nitrogen and oxygen atoms in total. The van der Waals surface area contributed by atoms with E-state index < -0.39 is 18.0 Å². The predicted molar refractivity (Wildman–Crippen MR) is 69.8 cm³/mol. The molecule has 1 rings (SSSR count). The minimum absolute atomic E-state index is 0.105. The molecule has 0 spiro atoms. The molecule has 1 aromatic rings. The van der Waals surface area contributed by atoms with Crippen LogP contribution >= 0.6 is 0 Å². The highest BCUT2D eigenvalue weighted by Crippen LogP contribution is 2.20. The fourth-order valence-electron chi connectivity index (χ4n) is 1.46. The summed E-state index contributed by atoms with van der Waals surface area (Å²) in [4.78, 5) is 34.5. The molecule has 0 aliphatic rings. The Bertz CT molecular complexity index is 526. The van der Waals surface area contributed by atoms with Crippen molar-refractivity contribution >= 4 is 23.7 Å². The first-order valence-corrected chi connectivity index (χ1v) is 5.78. The molecule has 0 saturated heterocycles. The van der Waals surface area contributed by atoms with Gasteiger partial charge in [-0.3, -0.25) is 5.32 Å². The second kappa shape index (κ2) is 7.13. The highest BCUT2D eigenvalue weighted by molar-refractivity contribution is 6.02. The molecule has 108 valence electrons. The molecular weight excluding hydrogens is 266 g/mol. The van der Waals surface area contributed by atoms with E-state index in [4.69, 9.17) is 4.74 Å². The quantitative estimate of drug-likeness (QED) is 0.668. The van der Waals surface area contributed by atoms with Gasteiger partial charge in [-0.2, -0.15) is 0 Å². The second-order valence-electron chi connectivity index (χ2n) is 3.59. The fraction of sp³-hybridized carbons (Fsp3) is 0.308. The molecule has 1 N–H and O–H groups in total. The topological polar surface area (TPSA) is 90.9 Å². The van der Waals surface area contributed by atoms with Gasteiger partial charge in [0.05, 0.1) is 37.6 Å². The summed E-state index contributed by atoms with van der Waals surface area (Å²) in [6.45, 7) is 1.82. The molecule has 7 heteroatoms. The van der Waals surface area contributed by atoms with Crippen LogP contribution in [0, 0.1) is 0 Å². The lowest BCUT2D eigenvalue weighted by molar-refractivity contribution is 0.0587.